The summed E-state index contributed by atoms with van der Waals surface area (Å²) in [6, 6.07) is 8.00. The van der Waals surface area contributed by atoms with Gasteiger partial charge in [-0.25, -0.2) is 4.39 Å². The second-order valence-electron chi connectivity index (χ2n) is 3.72. The molecular weight excluding hydrogens is 333 g/mol. The third-order valence-electron chi connectivity index (χ3n) is 2.47. The number of hydrogen-bond acceptors (Lipinski definition) is 4. The molecule has 0 aromatic heterocycles. The standard InChI is InChI=1S/C13H7BrFNO4/c14-9-4-2-6-11(16(18)19)13(9)20-12-8(7-17)3-1-5-10(12)15/h1-7H. The lowest BCUT2D eigenvalue weighted by atomic mass is 10.2. The highest BCUT2D eigenvalue weighted by Gasteiger charge is 2.21. The van der Waals surface area contributed by atoms with Crippen LogP contribution in [-0.2, 0) is 0 Å². The zero-order chi connectivity index (χ0) is 14.7. The SMILES string of the molecule is O=Cc1cccc(F)c1Oc1c(Br)cccc1[N+](=O)[O-]. The maximum atomic E-state index is 13.7. The van der Waals surface area contributed by atoms with Crippen molar-refractivity contribution in [3.8, 4) is 11.5 Å². The summed E-state index contributed by atoms with van der Waals surface area (Å²) in [5.41, 5.74) is -0.366. The number of para-hydroxylation sites is 2. The molecule has 20 heavy (non-hydrogen) atoms. The first-order valence-corrected chi connectivity index (χ1v) is 6.18. The Morgan fingerprint density at radius 3 is 2.55 bits per heavy atom. The van der Waals surface area contributed by atoms with Crippen LogP contribution in [0.1, 0.15) is 10.4 Å². The van der Waals surface area contributed by atoms with Crippen molar-refractivity contribution in [2.75, 3.05) is 0 Å². The molecule has 0 amide bonds. The molecule has 5 nitrogen and oxygen atoms in total. The largest absolute Gasteiger partial charge is 0.445 e. The van der Waals surface area contributed by atoms with Gasteiger partial charge in [0.25, 0.3) is 0 Å². The Morgan fingerprint density at radius 2 is 1.90 bits per heavy atom. The number of rotatable bonds is 4. The smallest absolute Gasteiger partial charge is 0.312 e. The Bertz CT molecular complexity index is 690. The van der Waals surface area contributed by atoms with E-state index in [9.17, 15) is 19.3 Å². The van der Waals surface area contributed by atoms with Gasteiger partial charge in [-0.05, 0) is 34.1 Å². The number of nitro groups is 1. The fourth-order valence-corrected chi connectivity index (χ4v) is 2.01. The van der Waals surface area contributed by atoms with Crippen LogP contribution in [0.5, 0.6) is 11.5 Å². The molecule has 102 valence electrons. The highest BCUT2D eigenvalue weighted by Crippen LogP contribution is 2.39. The van der Waals surface area contributed by atoms with Crippen molar-refractivity contribution in [1.29, 1.82) is 0 Å². The van der Waals surface area contributed by atoms with Crippen molar-refractivity contribution in [2.45, 2.75) is 0 Å². The average molecular weight is 340 g/mol. The van der Waals surface area contributed by atoms with Crippen LogP contribution in [0.4, 0.5) is 10.1 Å². The number of benzene rings is 2. The molecule has 0 atom stereocenters. The quantitative estimate of drug-likeness (QED) is 0.477. The van der Waals surface area contributed by atoms with Crippen molar-refractivity contribution in [3.05, 3.63) is 62.4 Å². The third-order valence-corrected chi connectivity index (χ3v) is 3.10. The maximum absolute atomic E-state index is 13.7. The molecule has 2 rings (SSSR count). The average Bonchev–Trinajstić information content (AvgIpc) is 2.42. The molecule has 0 aliphatic carbocycles. The minimum atomic E-state index is -0.778. The number of ether oxygens (including phenoxy) is 1. The summed E-state index contributed by atoms with van der Waals surface area (Å²) in [5, 5.41) is 10.9. The molecule has 2 aromatic carbocycles. The van der Waals surface area contributed by atoms with E-state index in [1.54, 1.807) is 0 Å². The summed E-state index contributed by atoms with van der Waals surface area (Å²) < 4.78 is 19.3. The van der Waals surface area contributed by atoms with Crippen LogP contribution < -0.4 is 4.74 Å². The lowest BCUT2D eigenvalue weighted by Gasteiger charge is -2.10. The van der Waals surface area contributed by atoms with Gasteiger partial charge in [-0.15, -0.1) is 0 Å². The summed E-state index contributed by atoms with van der Waals surface area (Å²) in [7, 11) is 0. The van der Waals surface area contributed by atoms with E-state index in [1.807, 2.05) is 0 Å². The normalized spacial score (nSPS) is 10.1. The Labute approximate surface area is 121 Å². The summed E-state index contributed by atoms with van der Waals surface area (Å²) in [6.07, 6.45) is 0.418. The molecule has 0 aliphatic rings. The van der Waals surface area contributed by atoms with Gasteiger partial charge in [0.15, 0.2) is 17.9 Å². The zero-order valence-corrected chi connectivity index (χ0v) is 11.5. The molecule has 0 heterocycles. The van der Waals surface area contributed by atoms with Crippen molar-refractivity contribution in [2.24, 2.45) is 0 Å². The molecule has 0 aliphatic heterocycles. The van der Waals surface area contributed by atoms with Crippen LogP contribution in [0.2, 0.25) is 0 Å². The second-order valence-corrected chi connectivity index (χ2v) is 4.58. The van der Waals surface area contributed by atoms with E-state index in [0.717, 1.165) is 6.07 Å². The van der Waals surface area contributed by atoms with Crippen molar-refractivity contribution < 1.29 is 18.8 Å². The van der Waals surface area contributed by atoms with E-state index >= 15 is 0 Å². The Hall–Kier alpha value is -2.28. The van der Waals surface area contributed by atoms with Gasteiger partial charge < -0.3 is 4.74 Å². The fourth-order valence-electron chi connectivity index (χ4n) is 1.57. The number of nitro benzene ring substituents is 1. The lowest BCUT2D eigenvalue weighted by molar-refractivity contribution is -0.385. The maximum Gasteiger partial charge on any atom is 0.312 e. The van der Waals surface area contributed by atoms with Crippen molar-refractivity contribution >= 4 is 27.9 Å². The Balaban J connectivity index is 2.56. The minimum absolute atomic E-state index is 0.0324. The molecule has 0 spiro atoms. The molecular formula is C13H7BrFNO4. The van der Waals surface area contributed by atoms with Crippen LogP contribution in [0.15, 0.2) is 40.9 Å². The monoisotopic (exact) mass is 339 g/mol. The van der Waals surface area contributed by atoms with Gasteiger partial charge in [-0.1, -0.05) is 12.1 Å². The van der Waals surface area contributed by atoms with Crippen molar-refractivity contribution in [1.82, 2.24) is 0 Å². The van der Waals surface area contributed by atoms with Crippen LogP contribution in [0, 0.1) is 15.9 Å². The van der Waals surface area contributed by atoms with E-state index < -0.39 is 10.7 Å². The van der Waals surface area contributed by atoms with E-state index in [0.29, 0.717) is 6.29 Å². The van der Waals surface area contributed by atoms with Gasteiger partial charge in [-0.3, -0.25) is 14.9 Å². The van der Waals surface area contributed by atoms with Gasteiger partial charge >= 0.3 is 5.69 Å². The van der Waals surface area contributed by atoms with Crippen LogP contribution in [0.3, 0.4) is 0 Å². The third kappa shape index (κ3) is 2.67. The van der Waals surface area contributed by atoms with Gasteiger partial charge in [0.2, 0.25) is 5.75 Å². The molecule has 0 saturated heterocycles. The first kappa shape index (κ1) is 14.1. The van der Waals surface area contributed by atoms with Crippen LogP contribution in [0.25, 0.3) is 0 Å². The molecule has 0 radical (unpaired) electrons. The number of halogens is 2. The summed E-state index contributed by atoms with van der Waals surface area (Å²) >= 11 is 3.10. The van der Waals surface area contributed by atoms with Gasteiger partial charge in [0.1, 0.15) is 0 Å². The fraction of sp³-hybridized carbons (Fsp3) is 0. The lowest BCUT2D eigenvalue weighted by Crippen LogP contribution is -1.98. The molecule has 0 unspecified atom stereocenters. The number of carbonyl (C=O) groups is 1. The summed E-state index contributed by atoms with van der Waals surface area (Å²) in [5.74, 6) is -1.29. The van der Waals surface area contributed by atoms with Gasteiger partial charge in [-0.2, -0.15) is 0 Å². The second kappa shape index (κ2) is 5.79. The van der Waals surface area contributed by atoms with Crippen molar-refractivity contribution in [3.63, 3.8) is 0 Å². The summed E-state index contributed by atoms with van der Waals surface area (Å²) in [6.45, 7) is 0. The zero-order valence-electron chi connectivity index (χ0n) is 9.88. The Kier molecular flexibility index (Phi) is 4.09. The van der Waals surface area contributed by atoms with E-state index in [2.05, 4.69) is 15.9 Å². The Morgan fingerprint density at radius 1 is 1.20 bits per heavy atom. The van der Waals surface area contributed by atoms with E-state index in [-0.39, 0.29) is 27.2 Å². The summed E-state index contributed by atoms with van der Waals surface area (Å²) in [4.78, 5) is 21.2. The number of carbonyl (C=O) groups excluding carboxylic acids is 1. The topological polar surface area (TPSA) is 69.4 Å². The molecule has 0 fully saturated rings. The predicted molar refractivity (Wildman–Crippen MR) is 72.7 cm³/mol. The van der Waals surface area contributed by atoms with Crippen LogP contribution >= 0.6 is 15.9 Å². The molecule has 0 N–H and O–H groups in total. The molecule has 0 bridgehead atoms. The highest BCUT2D eigenvalue weighted by molar-refractivity contribution is 9.10. The minimum Gasteiger partial charge on any atom is -0.445 e. The number of nitrogens with zero attached hydrogens (tertiary/aromatic N) is 1. The molecule has 7 heteroatoms. The predicted octanol–water partition coefficient (Wildman–Crippen LogP) is 4.10. The number of aldehydes is 1. The van der Waals surface area contributed by atoms with Gasteiger partial charge in [0.05, 0.1) is 15.0 Å². The molecule has 0 saturated carbocycles. The number of hydrogen-bond donors (Lipinski definition) is 0. The van der Waals surface area contributed by atoms with E-state index in [1.165, 1.54) is 30.3 Å². The molecule has 2 aromatic rings. The van der Waals surface area contributed by atoms with E-state index in [4.69, 9.17) is 4.74 Å². The first-order valence-electron chi connectivity index (χ1n) is 5.39. The van der Waals surface area contributed by atoms with Gasteiger partial charge in [0, 0.05) is 6.07 Å². The first-order chi connectivity index (χ1) is 9.54. The highest BCUT2D eigenvalue weighted by atomic mass is 79.9. The van der Waals surface area contributed by atoms with Crippen LogP contribution in [-0.4, -0.2) is 11.2 Å².